The van der Waals surface area contributed by atoms with Gasteiger partial charge in [0.05, 0.1) is 5.56 Å². The molecule has 2 rings (SSSR count). The summed E-state index contributed by atoms with van der Waals surface area (Å²) in [5, 5.41) is 3.14. The van der Waals surface area contributed by atoms with Gasteiger partial charge in [-0.2, -0.15) is 0 Å². The van der Waals surface area contributed by atoms with Gasteiger partial charge in [0.25, 0.3) is 0 Å². The van der Waals surface area contributed by atoms with Gasteiger partial charge in [-0.3, -0.25) is 4.79 Å². The van der Waals surface area contributed by atoms with Crippen molar-refractivity contribution in [2.75, 3.05) is 13.1 Å². The standard InChI is InChI=1S/C13H15F2NO/c1-13(5-2-6-16-8-13)12(17)10-4-3-9(14)7-11(10)15/h3-4,7,16H,2,5-6,8H2,1H3. The van der Waals surface area contributed by atoms with Crippen LogP contribution in [0.1, 0.15) is 30.1 Å². The minimum absolute atomic E-state index is 0.0161. The normalized spacial score (nSPS) is 24.6. The van der Waals surface area contributed by atoms with Gasteiger partial charge < -0.3 is 5.32 Å². The number of Topliss-reactive ketones (excluding diaryl/α,β-unsaturated/α-hetero) is 1. The Morgan fingerprint density at radius 2 is 2.18 bits per heavy atom. The fourth-order valence-electron chi connectivity index (χ4n) is 2.25. The van der Waals surface area contributed by atoms with Crippen molar-refractivity contribution in [2.45, 2.75) is 19.8 Å². The van der Waals surface area contributed by atoms with Crippen LogP contribution in [0.2, 0.25) is 0 Å². The first-order valence-electron chi connectivity index (χ1n) is 5.73. The molecule has 1 aromatic carbocycles. The highest BCUT2D eigenvalue weighted by Gasteiger charge is 2.36. The minimum Gasteiger partial charge on any atom is -0.316 e. The molecule has 1 fully saturated rings. The van der Waals surface area contributed by atoms with Crippen LogP contribution in [0.25, 0.3) is 0 Å². The largest absolute Gasteiger partial charge is 0.316 e. The number of carbonyl (C=O) groups is 1. The average Bonchev–Trinajstić information content (AvgIpc) is 2.29. The second-order valence-corrected chi connectivity index (χ2v) is 4.79. The van der Waals surface area contributed by atoms with Crippen LogP contribution in [0.15, 0.2) is 18.2 Å². The van der Waals surface area contributed by atoms with Crippen LogP contribution >= 0.6 is 0 Å². The fraction of sp³-hybridized carbons (Fsp3) is 0.462. The summed E-state index contributed by atoms with van der Waals surface area (Å²) >= 11 is 0. The monoisotopic (exact) mass is 239 g/mol. The molecule has 0 spiro atoms. The number of rotatable bonds is 2. The topological polar surface area (TPSA) is 29.1 Å². The van der Waals surface area contributed by atoms with Gasteiger partial charge in [-0.15, -0.1) is 0 Å². The maximum absolute atomic E-state index is 13.5. The van der Waals surface area contributed by atoms with E-state index in [9.17, 15) is 13.6 Å². The lowest BCUT2D eigenvalue weighted by atomic mass is 9.76. The van der Waals surface area contributed by atoms with Crippen molar-refractivity contribution in [1.82, 2.24) is 5.32 Å². The molecule has 0 radical (unpaired) electrons. The third kappa shape index (κ3) is 2.36. The molecule has 0 bridgehead atoms. The lowest BCUT2D eigenvalue weighted by molar-refractivity contribution is 0.0768. The fourth-order valence-corrected chi connectivity index (χ4v) is 2.25. The molecule has 0 amide bonds. The minimum atomic E-state index is -0.776. The molecule has 1 aromatic rings. The number of carbonyl (C=O) groups excluding carboxylic acids is 1. The van der Waals surface area contributed by atoms with Crippen LogP contribution in [0, 0.1) is 17.0 Å². The average molecular weight is 239 g/mol. The van der Waals surface area contributed by atoms with Crippen LogP contribution in [0.4, 0.5) is 8.78 Å². The van der Waals surface area contributed by atoms with Crippen LogP contribution in [0.5, 0.6) is 0 Å². The molecule has 1 saturated heterocycles. The quantitative estimate of drug-likeness (QED) is 0.803. The summed E-state index contributed by atoms with van der Waals surface area (Å²) in [6.45, 7) is 3.25. The van der Waals surface area contributed by atoms with E-state index in [2.05, 4.69) is 5.32 Å². The summed E-state index contributed by atoms with van der Waals surface area (Å²) in [5.74, 6) is -1.69. The van der Waals surface area contributed by atoms with Gasteiger partial charge in [0, 0.05) is 18.0 Å². The zero-order valence-corrected chi connectivity index (χ0v) is 9.72. The third-order valence-electron chi connectivity index (χ3n) is 3.32. The Morgan fingerprint density at radius 3 is 2.76 bits per heavy atom. The second kappa shape index (κ2) is 4.53. The van der Waals surface area contributed by atoms with Crippen molar-refractivity contribution in [3.63, 3.8) is 0 Å². The van der Waals surface area contributed by atoms with Crippen molar-refractivity contribution in [3.05, 3.63) is 35.4 Å². The van der Waals surface area contributed by atoms with Crippen LogP contribution in [-0.2, 0) is 0 Å². The Bertz CT molecular complexity index is 439. The predicted molar refractivity (Wildman–Crippen MR) is 60.9 cm³/mol. The van der Waals surface area contributed by atoms with Crippen molar-refractivity contribution in [1.29, 1.82) is 0 Å². The zero-order chi connectivity index (χ0) is 12.5. The highest BCUT2D eigenvalue weighted by Crippen LogP contribution is 2.30. The molecule has 1 N–H and O–H groups in total. The SMILES string of the molecule is CC1(C(=O)c2ccc(F)cc2F)CCCNC1. The maximum Gasteiger partial charge on any atom is 0.172 e. The zero-order valence-electron chi connectivity index (χ0n) is 9.72. The Balaban J connectivity index is 2.30. The molecule has 1 unspecified atom stereocenters. The number of hydrogen-bond donors (Lipinski definition) is 1. The summed E-state index contributed by atoms with van der Waals surface area (Å²) in [5.41, 5.74) is -0.603. The summed E-state index contributed by atoms with van der Waals surface area (Å²) in [7, 11) is 0. The first-order valence-corrected chi connectivity index (χ1v) is 5.73. The Hall–Kier alpha value is -1.29. The first-order chi connectivity index (χ1) is 8.03. The molecule has 1 aliphatic rings. The van der Waals surface area contributed by atoms with Crippen LogP contribution in [0.3, 0.4) is 0 Å². The Labute approximate surface area is 99.0 Å². The first kappa shape index (κ1) is 12.2. The van der Waals surface area contributed by atoms with E-state index in [1.165, 1.54) is 6.07 Å². The number of halogens is 2. The molecule has 1 heterocycles. The Kier molecular flexibility index (Phi) is 3.24. The van der Waals surface area contributed by atoms with Crippen LogP contribution < -0.4 is 5.32 Å². The molecule has 0 saturated carbocycles. The lowest BCUT2D eigenvalue weighted by Gasteiger charge is -2.32. The molecule has 1 aliphatic heterocycles. The molecule has 0 aliphatic carbocycles. The molecular weight excluding hydrogens is 224 g/mol. The van der Waals surface area contributed by atoms with Crippen molar-refractivity contribution >= 4 is 5.78 Å². The molecule has 1 atom stereocenters. The highest BCUT2D eigenvalue weighted by atomic mass is 19.1. The molecular formula is C13H15F2NO. The lowest BCUT2D eigenvalue weighted by Crippen LogP contribution is -2.43. The molecule has 0 aromatic heterocycles. The maximum atomic E-state index is 13.5. The van der Waals surface area contributed by atoms with Crippen molar-refractivity contribution in [3.8, 4) is 0 Å². The molecule has 4 heteroatoms. The van der Waals surface area contributed by atoms with Crippen molar-refractivity contribution < 1.29 is 13.6 Å². The smallest absolute Gasteiger partial charge is 0.172 e. The summed E-state index contributed by atoms with van der Waals surface area (Å²) in [6.07, 6.45) is 1.63. The number of benzene rings is 1. The number of piperidine rings is 1. The summed E-state index contributed by atoms with van der Waals surface area (Å²) < 4.78 is 26.3. The van der Waals surface area contributed by atoms with Crippen molar-refractivity contribution in [2.24, 2.45) is 5.41 Å². The summed E-state index contributed by atoms with van der Waals surface area (Å²) in [6, 6.07) is 3.11. The van der Waals surface area contributed by atoms with E-state index in [0.717, 1.165) is 31.5 Å². The highest BCUT2D eigenvalue weighted by molar-refractivity contribution is 6.00. The third-order valence-corrected chi connectivity index (χ3v) is 3.32. The predicted octanol–water partition coefficient (Wildman–Crippen LogP) is 2.54. The number of nitrogens with one attached hydrogen (secondary N) is 1. The van der Waals surface area contributed by atoms with E-state index in [-0.39, 0.29) is 11.3 Å². The van der Waals surface area contributed by atoms with Crippen LogP contribution in [-0.4, -0.2) is 18.9 Å². The van der Waals surface area contributed by atoms with Gasteiger partial charge in [-0.05, 0) is 31.5 Å². The van der Waals surface area contributed by atoms with E-state index in [1.54, 1.807) is 0 Å². The number of ketones is 1. The number of hydrogen-bond acceptors (Lipinski definition) is 2. The van der Waals surface area contributed by atoms with E-state index < -0.39 is 17.0 Å². The molecule has 17 heavy (non-hydrogen) atoms. The molecule has 2 nitrogen and oxygen atoms in total. The Morgan fingerprint density at radius 1 is 1.41 bits per heavy atom. The van der Waals surface area contributed by atoms with Gasteiger partial charge in [0.2, 0.25) is 0 Å². The second-order valence-electron chi connectivity index (χ2n) is 4.79. The van der Waals surface area contributed by atoms with E-state index >= 15 is 0 Å². The van der Waals surface area contributed by atoms with E-state index in [0.29, 0.717) is 6.54 Å². The van der Waals surface area contributed by atoms with E-state index in [1.807, 2.05) is 6.92 Å². The van der Waals surface area contributed by atoms with E-state index in [4.69, 9.17) is 0 Å². The van der Waals surface area contributed by atoms with Gasteiger partial charge in [0.15, 0.2) is 5.78 Å². The van der Waals surface area contributed by atoms with Gasteiger partial charge in [-0.1, -0.05) is 6.92 Å². The van der Waals surface area contributed by atoms with Gasteiger partial charge in [0.1, 0.15) is 11.6 Å². The van der Waals surface area contributed by atoms with Gasteiger partial charge >= 0.3 is 0 Å². The molecule has 92 valence electrons. The van der Waals surface area contributed by atoms with Gasteiger partial charge in [-0.25, -0.2) is 8.78 Å². The summed E-state index contributed by atoms with van der Waals surface area (Å²) in [4.78, 5) is 12.3.